The fourth-order valence-corrected chi connectivity index (χ4v) is 1.36. The van der Waals surface area contributed by atoms with Crippen molar-refractivity contribution in [2.75, 3.05) is 5.32 Å². The number of hydrogen-bond acceptors (Lipinski definition) is 4. The van der Waals surface area contributed by atoms with Crippen LogP contribution in [0.5, 0.6) is 5.75 Å². The van der Waals surface area contributed by atoms with Crippen LogP contribution in [0.3, 0.4) is 0 Å². The Morgan fingerprint density at radius 1 is 1.19 bits per heavy atom. The van der Waals surface area contributed by atoms with Gasteiger partial charge in [-0.3, -0.25) is 10.1 Å². The van der Waals surface area contributed by atoms with Gasteiger partial charge in [-0.05, 0) is 39.0 Å². The van der Waals surface area contributed by atoms with E-state index in [2.05, 4.69) is 5.32 Å². The number of rotatable bonds is 2. The van der Waals surface area contributed by atoms with E-state index in [1.165, 1.54) is 0 Å². The Morgan fingerprint density at radius 3 is 2.19 bits per heavy atom. The first kappa shape index (κ1) is 16.8. The van der Waals surface area contributed by atoms with Crippen molar-refractivity contribution in [3.05, 3.63) is 23.8 Å². The Morgan fingerprint density at radius 2 is 1.76 bits per heavy atom. The smallest absolute Gasteiger partial charge is 0.454 e. The number of Topliss-reactive ketones (excluding diaryl/α,β-unsaturated/α-hetero) is 1. The lowest BCUT2D eigenvalue weighted by molar-refractivity contribution is -0.0885. The number of halogens is 3. The fraction of sp³-hybridized carbons (Fsp3) is 0.385. The van der Waals surface area contributed by atoms with Crippen LogP contribution in [0.1, 0.15) is 31.1 Å². The second kappa shape index (κ2) is 5.63. The van der Waals surface area contributed by atoms with Gasteiger partial charge in [0.15, 0.2) is 0 Å². The molecular formula is C13H14F3NO4. The van der Waals surface area contributed by atoms with Gasteiger partial charge in [-0.15, -0.1) is 0 Å². The molecule has 0 radical (unpaired) electrons. The number of carbonyl (C=O) groups excluding carboxylic acids is 2. The van der Waals surface area contributed by atoms with Gasteiger partial charge in [0.25, 0.3) is 5.78 Å². The largest absolute Gasteiger partial charge is 0.506 e. The second-order valence-corrected chi connectivity index (χ2v) is 5.19. The molecular weight excluding hydrogens is 291 g/mol. The molecule has 0 fully saturated rings. The Balaban J connectivity index is 2.89. The minimum atomic E-state index is -5.04. The minimum Gasteiger partial charge on any atom is -0.506 e. The third-order valence-electron chi connectivity index (χ3n) is 2.15. The zero-order chi connectivity index (χ0) is 16.4. The van der Waals surface area contributed by atoms with E-state index in [-0.39, 0.29) is 5.69 Å². The first-order valence-electron chi connectivity index (χ1n) is 5.85. The van der Waals surface area contributed by atoms with Gasteiger partial charge in [0, 0.05) is 5.56 Å². The summed E-state index contributed by atoms with van der Waals surface area (Å²) >= 11 is 0. The molecule has 1 amide bonds. The first-order valence-corrected chi connectivity index (χ1v) is 5.85. The molecule has 21 heavy (non-hydrogen) atoms. The molecule has 0 aliphatic rings. The summed E-state index contributed by atoms with van der Waals surface area (Å²) in [5.41, 5.74) is -1.66. The zero-order valence-electron chi connectivity index (χ0n) is 11.5. The predicted molar refractivity (Wildman–Crippen MR) is 68.3 cm³/mol. The highest BCUT2D eigenvalue weighted by molar-refractivity contribution is 6.01. The molecule has 1 aromatic rings. The van der Waals surface area contributed by atoms with E-state index in [0.29, 0.717) is 6.07 Å². The molecule has 0 saturated heterocycles. The number of phenols is 1. The average molecular weight is 305 g/mol. The monoisotopic (exact) mass is 305 g/mol. The highest BCUT2D eigenvalue weighted by Crippen LogP contribution is 2.28. The van der Waals surface area contributed by atoms with Crippen molar-refractivity contribution in [2.24, 2.45) is 0 Å². The van der Waals surface area contributed by atoms with Crippen LogP contribution in [-0.4, -0.2) is 28.8 Å². The summed E-state index contributed by atoms with van der Waals surface area (Å²) in [7, 11) is 0. The van der Waals surface area contributed by atoms with Gasteiger partial charge >= 0.3 is 12.3 Å². The summed E-state index contributed by atoms with van der Waals surface area (Å²) < 4.78 is 41.6. The Bertz CT molecular complexity index is 562. The topological polar surface area (TPSA) is 75.6 Å². The lowest BCUT2D eigenvalue weighted by Gasteiger charge is -2.20. The molecule has 1 rings (SSSR count). The normalized spacial score (nSPS) is 11.9. The zero-order valence-corrected chi connectivity index (χ0v) is 11.5. The van der Waals surface area contributed by atoms with E-state index >= 15 is 0 Å². The molecule has 0 aliphatic heterocycles. The molecule has 0 bridgehead atoms. The summed E-state index contributed by atoms with van der Waals surface area (Å²) in [5, 5.41) is 11.7. The van der Waals surface area contributed by atoms with Crippen molar-refractivity contribution in [1.29, 1.82) is 0 Å². The molecule has 0 atom stereocenters. The predicted octanol–water partition coefficient (Wildman–Crippen LogP) is 3.48. The number of aromatic hydroxyl groups is 1. The second-order valence-electron chi connectivity index (χ2n) is 5.19. The van der Waals surface area contributed by atoms with Crippen molar-refractivity contribution in [3.8, 4) is 5.75 Å². The number of ketones is 1. The third kappa shape index (κ3) is 4.97. The van der Waals surface area contributed by atoms with Gasteiger partial charge in [-0.1, -0.05) is 0 Å². The molecule has 1 aromatic carbocycles. The maximum atomic E-state index is 12.2. The number of ether oxygens (including phenoxy) is 1. The molecule has 0 spiro atoms. The molecule has 116 valence electrons. The van der Waals surface area contributed by atoms with E-state index in [4.69, 9.17) is 4.74 Å². The molecule has 0 aromatic heterocycles. The molecule has 0 unspecified atom stereocenters. The van der Waals surface area contributed by atoms with Crippen molar-refractivity contribution in [1.82, 2.24) is 0 Å². The van der Waals surface area contributed by atoms with Gasteiger partial charge in [0.1, 0.15) is 11.4 Å². The van der Waals surface area contributed by atoms with Crippen molar-refractivity contribution in [3.63, 3.8) is 0 Å². The SMILES string of the molecule is CC(C)(C)OC(=O)Nc1ccc(C(=O)C(F)(F)F)cc1O. The molecule has 0 saturated carbocycles. The van der Waals surface area contributed by atoms with Crippen LogP contribution in [0.15, 0.2) is 18.2 Å². The van der Waals surface area contributed by atoms with Crippen LogP contribution in [0.2, 0.25) is 0 Å². The van der Waals surface area contributed by atoms with Gasteiger partial charge in [-0.25, -0.2) is 4.79 Å². The third-order valence-corrected chi connectivity index (χ3v) is 2.15. The lowest BCUT2D eigenvalue weighted by atomic mass is 10.1. The maximum absolute atomic E-state index is 12.2. The van der Waals surface area contributed by atoms with Gasteiger partial charge in [0.05, 0.1) is 5.69 Å². The molecule has 8 heteroatoms. The van der Waals surface area contributed by atoms with Gasteiger partial charge < -0.3 is 9.84 Å². The Kier molecular flexibility index (Phi) is 4.50. The number of phenolic OH excluding ortho intramolecular Hbond substituents is 1. The summed E-state index contributed by atoms with van der Waals surface area (Å²) in [4.78, 5) is 22.5. The Labute approximate surface area is 118 Å². The minimum absolute atomic E-state index is 0.164. The van der Waals surface area contributed by atoms with Crippen LogP contribution in [0, 0.1) is 0 Å². The maximum Gasteiger partial charge on any atom is 0.454 e. The molecule has 0 aliphatic carbocycles. The summed E-state index contributed by atoms with van der Waals surface area (Å²) in [6, 6.07) is 2.46. The average Bonchev–Trinajstić information content (AvgIpc) is 2.27. The number of benzene rings is 1. The molecule has 0 heterocycles. The number of amides is 1. The van der Waals surface area contributed by atoms with Crippen LogP contribution in [0.25, 0.3) is 0 Å². The highest BCUT2D eigenvalue weighted by atomic mass is 19.4. The number of alkyl halides is 3. The number of hydrogen-bond donors (Lipinski definition) is 2. The lowest BCUT2D eigenvalue weighted by Crippen LogP contribution is -2.27. The van der Waals surface area contributed by atoms with Crippen LogP contribution >= 0.6 is 0 Å². The van der Waals surface area contributed by atoms with Gasteiger partial charge in [-0.2, -0.15) is 13.2 Å². The Hall–Kier alpha value is -2.25. The van der Waals surface area contributed by atoms with E-state index < -0.39 is 35.0 Å². The summed E-state index contributed by atoms with van der Waals surface area (Å²) in [6.45, 7) is 4.87. The summed E-state index contributed by atoms with van der Waals surface area (Å²) in [6.07, 6.45) is -5.92. The van der Waals surface area contributed by atoms with Crippen LogP contribution in [-0.2, 0) is 4.74 Å². The van der Waals surface area contributed by atoms with E-state index in [1.807, 2.05) is 0 Å². The van der Waals surface area contributed by atoms with Crippen LogP contribution < -0.4 is 5.32 Å². The fourth-order valence-electron chi connectivity index (χ4n) is 1.36. The number of nitrogens with one attached hydrogen (secondary N) is 1. The number of anilines is 1. The quantitative estimate of drug-likeness (QED) is 0.648. The standard InChI is InChI=1S/C13H14F3NO4/c1-12(2,3)21-11(20)17-8-5-4-7(6-9(8)18)10(19)13(14,15)16/h4-6,18H,1-3H3,(H,17,20). The van der Waals surface area contributed by atoms with E-state index in [0.717, 1.165) is 12.1 Å². The van der Waals surface area contributed by atoms with Gasteiger partial charge in [0.2, 0.25) is 0 Å². The summed E-state index contributed by atoms with van der Waals surface area (Å²) in [5.74, 6) is -2.75. The van der Waals surface area contributed by atoms with Crippen molar-refractivity contribution >= 4 is 17.6 Å². The molecule has 2 N–H and O–H groups in total. The van der Waals surface area contributed by atoms with Crippen LogP contribution in [0.4, 0.5) is 23.7 Å². The van der Waals surface area contributed by atoms with Crippen molar-refractivity contribution < 1.29 is 32.6 Å². The van der Waals surface area contributed by atoms with Crippen molar-refractivity contribution in [2.45, 2.75) is 32.5 Å². The first-order chi connectivity index (χ1) is 9.40. The van der Waals surface area contributed by atoms with E-state index in [9.17, 15) is 27.9 Å². The highest BCUT2D eigenvalue weighted by Gasteiger charge is 2.39. The van der Waals surface area contributed by atoms with E-state index in [1.54, 1.807) is 20.8 Å². The molecule has 5 nitrogen and oxygen atoms in total. The number of carbonyl (C=O) groups is 2.